The van der Waals surface area contributed by atoms with E-state index in [4.69, 9.17) is 9.47 Å². The summed E-state index contributed by atoms with van der Waals surface area (Å²) in [5.41, 5.74) is 0. The van der Waals surface area contributed by atoms with Gasteiger partial charge < -0.3 is 20.1 Å². The lowest BCUT2D eigenvalue weighted by Gasteiger charge is -2.30. The fourth-order valence-electron chi connectivity index (χ4n) is 3.41. The zero-order chi connectivity index (χ0) is 15.5. The van der Waals surface area contributed by atoms with Crippen LogP contribution in [0.2, 0.25) is 0 Å². The van der Waals surface area contributed by atoms with Gasteiger partial charge in [-0.2, -0.15) is 0 Å². The number of carbonyl (C=O) groups is 1. The van der Waals surface area contributed by atoms with Crippen LogP contribution in [0.3, 0.4) is 0 Å². The molecule has 5 nitrogen and oxygen atoms in total. The van der Waals surface area contributed by atoms with E-state index in [2.05, 4.69) is 10.6 Å². The van der Waals surface area contributed by atoms with E-state index >= 15 is 0 Å². The summed E-state index contributed by atoms with van der Waals surface area (Å²) in [6, 6.07) is 8.69. The van der Waals surface area contributed by atoms with Crippen molar-refractivity contribution in [3.8, 4) is 11.5 Å². The molecule has 0 aliphatic carbocycles. The molecule has 0 spiro atoms. The quantitative estimate of drug-likeness (QED) is 0.863. The zero-order valence-electron chi connectivity index (χ0n) is 13.6. The number of hydrogen-bond donors (Lipinski definition) is 2. The Labute approximate surface area is 143 Å². The molecule has 2 N–H and O–H groups in total. The summed E-state index contributed by atoms with van der Waals surface area (Å²) in [4.78, 5) is 12.3. The van der Waals surface area contributed by atoms with Crippen LogP contribution < -0.4 is 20.1 Å². The van der Waals surface area contributed by atoms with Gasteiger partial charge in [0, 0.05) is 18.1 Å². The molecular formula is C17H25ClN2O3. The van der Waals surface area contributed by atoms with Crippen molar-refractivity contribution in [2.24, 2.45) is 0 Å². The molecule has 2 heterocycles. The third-order valence-corrected chi connectivity index (χ3v) is 4.56. The summed E-state index contributed by atoms with van der Waals surface area (Å²) in [5, 5.41) is 6.71. The summed E-state index contributed by atoms with van der Waals surface area (Å²) in [5.74, 6) is 1.41. The van der Waals surface area contributed by atoms with Gasteiger partial charge in [0.05, 0.1) is 7.11 Å². The fourth-order valence-corrected chi connectivity index (χ4v) is 3.41. The van der Waals surface area contributed by atoms with Crippen LogP contribution in [0.25, 0.3) is 0 Å². The molecule has 2 aliphatic rings. The molecule has 2 aliphatic heterocycles. The van der Waals surface area contributed by atoms with Gasteiger partial charge in [0.1, 0.15) is 11.5 Å². The third-order valence-electron chi connectivity index (χ3n) is 4.56. The minimum absolute atomic E-state index is 0. The molecule has 1 aromatic rings. The van der Waals surface area contributed by atoms with E-state index in [0.29, 0.717) is 17.8 Å². The largest absolute Gasteiger partial charge is 0.497 e. The first-order valence-electron chi connectivity index (χ1n) is 8.01. The normalized spacial score (nSPS) is 26.8. The lowest BCUT2D eigenvalue weighted by molar-refractivity contribution is -0.128. The summed E-state index contributed by atoms with van der Waals surface area (Å²) < 4.78 is 10.8. The van der Waals surface area contributed by atoms with Crippen LogP contribution in [0.15, 0.2) is 24.3 Å². The summed E-state index contributed by atoms with van der Waals surface area (Å²) in [7, 11) is 1.62. The number of hydrogen-bond acceptors (Lipinski definition) is 4. The molecule has 1 amide bonds. The van der Waals surface area contributed by atoms with Gasteiger partial charge in [-0.1, -0.05) is 0 Å². The van der Waals surface area contributed by atoms with Crippen LogP contribution in [-0.4, -0.2) is 37.2 Å². The Balaban J connectivity index is 0.00000192. The highest BCUT2D eigenvalue weighted by Gasteiger charge is 2.34. The van der Waals surface area contributed by atoms with Crippen molar-refractivity contribution >= 4 is 18.3 Å². The van der Waals surface area contributed by atoms with Crippen molar-refractivity contribution in [3.63, 3.8) is 0 Å². The molecule has 3 rings (SSSR count). The maximum absolute atomic E-state index is 12.3. The molecule has 2 saturated heterocycles. The first kappa shape index (κ1) is 17.9. The van der Waals surface area contributed by atoms with Crippen molar-refractivity contribution in [3.05, 3.63) is 24.3 Å². The van der Waals surface area contributed by atoms with Gasteiger partial charge >= 0.3 is 0 Å². The highest BCUT2D eigenvalue weighted by molar-refractivity contribution is 5.85. The lowest BCUT2D eigenvalue weighted by atomic mass is 9.99. The molecule has 1 aromatic carbocycles. The fraction of sp³-hybridized carbons (Fsp3) is 0.588. The number of rotatable bonds is 5. The highest BCUT2D eigenvalue weighted by atomic mass is 35.5. The van der Waals surface area contributed by atoms with Gasteiger partial charge in [0.2, 0.25) is 0 Å². The van der Waals surface area contributed by atoms with Crippen molar-refractivity contribution in [1.29, 1.82) is 0 Å². The number of amides is 1. The Hall–Kier alpha value is -1.46. The first-order valence-corrected chi connectivity index (χ1v) is 8.01. The van der Waals surface area contributed by atoms with E-state index in [1.165, 1.54) is 12.8 Å². The van der Waals surface area contributed by atoms with Crippen molar-refractivity contribution in [1.82, 2.24) is 10.6 Å². The number of benzene rings is 1. The molecule has 128 valence electrons. The zero-order valence-corrected chi connectivity index (χ0v) is 14.4. The van der Waals surface area contributed by atoms with Crippen molar-refractivity contribution < 1.29 is 14.3 Å². The molecule has 3 atom stereocenters. The Kier molecular flexibility index (Phi) is 6.13. The maximum Gasteiger partial charge on any atom is 0.260 e. The number of nitrogens with one attached hydrogen (secondary N) is 2. The van der Waals surface area contributed by atoms with E-state index < -0.39 is 6.10 Å². The molecular weight excluding hydrogens is 316 g/mol. The van der Waals surface area contributed by atoms with E-state index in [1.54, 1.807) is 14.0 Å². The Morgan fingerprint density at radius 1 is 1.17 bits per heavy atom. The molecule has 3 unspecified atom stereocenters. The Morgan fingerprint density at radius 3 is 2.30 bits per heavy atom. The number of methoxy groups -OCH3 is 1. The SMILES string of the molecule is COc1ccc(OC(C)C(=O)NC2CC3CCC(C2)N3)cc1.Cl. The predicted octanol–water partition coefficient (Wildman–Crippen LogP) is 2.28. The van der Waals surface area contributed by atoms with Gasteiger partial charge in [-0.3, -0.25) is 4.79 Å². The number of halogens is 1. The van der Waals surface area contributed by atoms with Crippen LogP contribution in [0, 0.1) is 0 Å². The molecule has 23 heavy (non-hydrogen) atoms. The monoisotopic (exact) mass is 340 g/mol. The van der Waals surface area contributed by atoms with E-state index in [1.807, 2.05) is 24.3 Å². The minimum atomic E-state index is -0.499. The topological polar surface area (TPSA) is 59.6 Å². The number of fused-ring (bicyclic) bond motifs is 2. The second-order valence-corrected chi connectivity index (χ2v) is 6.25. The maximum atomic E-state index is 12.3. The van der Waals surface area contributed by atoms with Crippen molar-refractivity contribution in [2.75, 3.05) is 7.11 Å². The average molecular weight is 341 g/mol. The average Bonchev–Trinajstić information content (AvgIpc) is 2.86. The summed E-state index contributed by atoms with van der Waals surface area (Å²) in [6.45, 7) is 1.79. The van der Waals surface area contributed by atoms with E-state index in [0.717, 1.165) is 18.6 Å². The van der Waals surface area contributed by atoms with E-state index in [-0.39, 0.29) is 24.4 Å². The second-order valence-electron chi connectivity index (χ2n) is 6.25. The van der Waals surface area contributed by atoms with Gasteiger partial charge in [0.25, 0.3) is 5.91 Å². The first-order chi connectivity index (χ1) is 10.6. The molecule has 0 saturated carbocycles. The molecule has 0 radical (unpaired) electrons. The standard InChI is InChI=1S/C17H24N2O3.ClH/c1-11(22-16-7-5-15(21-2)6-8-16)17(20)19-14-9-12-3-4-13(10-14)18-12;/h5-8,11-14,18H,3-4,9-10H2,1-2H3,(H,19,20);1H. The minimum Gasteiger partial charge on any atom is -0.497 e. The molecule has 2 bridgehead atoms. The van der Waals surface area contributed by atoms with Crippen LogP contribution in [0.1, 0.15) is 32.6 Å². The number of carbonyl (C=O) groups excluding carboxylic acids is 1. The Bertz CT molecular complexity index is 511. The summed E-state index contributed by atoms with van der Waals surface area (Å²) in [6.07, 6.45) is 4.01. The lowest BCUT2D eigenvalue weighted by Crippen LogP contribution is -2.50. The van der Waals surface area contributed by atoms with Crippen LogP contribution in [0.5, 0.6) is 11.5 Å². The smallest absolute Gasteiger partial charge is 0.260 e. The Morgan fingerprint density at radius 2 is 1.74 bits per heavy atom. The van der Waals surface area contributed by atoms with Crippen LogP contribution >= 0.6 is 12.4 Å². The van der Waals surface area contributed by atoms with Gasteiger partial charge in [0.15, 0.2) is 6.10 Å². The third kappa shape index (κ3) is 4.52. The molecule has 2 fully saturated rings. The predicted molar refractivity (Wildman–Crippen MR) is 91.4 cm³/mol. The summed E-state index contributed by atoms with van der Waals surface area (Å²) >= 11 is 0. The van der Waals surface area contributed by atoms with Gasteiger partial charge in [-0.25, -0.2) is 0 Å². The highest BCUT2D eigenvalue weighted by Crippen LogP contribution is 2.27. The number of ether oxygens (including phenoxy) is 2. The molecule has 0 aromatic heterocycles. The van der Waals surface area contributed by atoms with Gasteiger partial charge in [-0.05, 0) is 56.9 Å². The van der Waals surface area contributed by atoms with E-state index in [9.17, 15) is 4.79 Å². The molecule has 6 heteroatoms. The van der Waals surface area contributed by atoms with Gasteiger partial charge in [-0.15, -0.1) is 12.4 Å². The van der Waals surface area contributed by atoms with Crippen LogP contribution in [0.4, 0.5) is 0 Å². The van der Waals surface area contributed by atoms with Crippen molar-refractivity contribution in [2.45, 2.75) is 56.8 Å². The second kappa shape index (κ2) is 7.88. The number of piperidine rings is 1. The van der Waals surface area contributed by atoms with Crippen LogP contribution in [-0.2, 0) is 4.79 Å².